The Kier molecular flexibility index (Phi) is 4.04. The van der Waals surface area contributed by atoms with Gasteiger partial charge in [-0.3, -0.25) is 4.79 Å². The zero-order valence-electron chi connectivity index (χ0n) is 7.68. The van der Waals surface area contributed by atoms with Gasteiger partial charge in [-0.05, 0) is 18.2 Å². The number of carbonyl (C=O) groups excluding carboxylic acids is 1. The molecule has 0 fully saturated rings. The maximum Gasteiger partial charge on any atom is 0.416 e. The van der Waals surface area contributed by atoms with Crippen LogP contribution in [0.3, 0.4) is 0 Å². The largest absolute Gasteiger partial charge is 0.416 e. The van der Waals surface area contributed by atoms with E-state index in [-0.39, 0.29) is 5.69 Å². The summed E-state index contributed by atoms with van der Waals surface area (Å²) in [6.07, 6.45) is -4.46. The van der Waals surface area contributed by atoms with Gasteiger partial charge in [0.25, 0.3) is 5.91 Å². The molecule has 2 nitrogen and oxygen atoms in total. The molecule has 0 heterocycles. The van der Waals surface area contributed by atoms with Gasteiger partial charge in [0.05, 0.1) is 5.56 Å². The molecule has 0 radical (unpaired) electrons. The normalized spacial score (nSPS) is 11.6. The maximum absolute atomic E-state index is 12.3. The fourth-order valence-electron chi connectivity index (χ4n) is 0.970. The highest BCUT2D eigenvalue weighted by molar-refractivity contribution is 6.54. The van der Waals surface area contributed by atoms with Crippen molar-refractivity contribution in [3.8, 4) is 0 Å². The first kappa shape index (κ1) is 13.1. The number of alkyl halides is 5. The molecule has 1 aromatic rings. The minimum Gasteiger partial charge on any atom is -0.324 e. The van der Waals surface area contributed by atoms with Gasteiger partial charge in [0.15, 0.2) is 4.84 Å². The predicted molar refractivity (Wildman–Crippen MR) is 55.6 cm³/mol. The molecule has 0 unspecified atom stereocenters. The van der Waals surface area contributed by atoms with E-state index in [0.29, 0.717) is 0 Å². The summed E-state index contributed by atoms with van der Waals surface area (Å²) in [5.74, 6) is -0.775. The van der Waals surface area contributed by atoms with E-state index in [1.54, 1.807) is 0 Å². The Hall–Kier alpha value is -0.940. The number of anilines is 1. The number of halogens is 5. The Balaban J connectivity index is 2.88. The highest BCUT2D eigenvalue weighted by Crippen LogP contribution is 2.30. The molecular weight excluding hydrogens is 266 g/mol. The van der Waals surface area contributed by atoms with Crippen molar-refractivity contribution >= 4 is 34.8 Å². The second kappa shape index (κ2) is 4.93. The summed E-state index contributed by atoms with van der Waals surface area (Å²) >= 11 is 10.5. The van der Waals surface area contributed by atoms with Gasteiger partial charge in [0.2, 0.25) is 0 Å². The van der Waals surface area contributed by atoms with E-state index in [9.17, 15) is 18.0 Å². The van der Waals surface area contributed by atoms with Crippen molar-refractivity contribution in [1.82, 2.24) is 0 Å². The average molecular weight is 272 g/mol. The van der Waals surface area contributed by atoms with Gasteiger partial charge in [0, 0.05) is 5.69 Å². The quantitative estimate of drug-likeness (QED) is 0.821. The lowest BCUT2D eigenvalue weighted by Crippen LogP contribution is -2.19. The number of amides is 1. The summed E-state index contributed by atoms with van der Waals surface area (Å²) in [4.78, 5) is 9.69. The minimum atomic E-state index is -4.46. The summed E-state index contributed by atoms with van der Waals surface area (Å²) < 4.78 is 36.9. The van der Waals surface area contributed by atoms with Gasteiger partial charge in [-0.15, -0.1) is 0 Å². The Morgan fingerprint density at radius 2 is 1.94 bits per heavy atom. The zero-order chi connectivity index (χ0) is 12.3. The fraction of sp³-hybridized carbons (Fsp3) is 0.222. The van der Waals surface area contributed by atoms with E-state index in [1.165, 1.54) is 12.1 Å². The van der Waals surface area contributed by atoms with Gasteiger partial charge in [0.1, 0.15) is 0 Å². The van der Waals surface area contributed by atoms with Crippen LogP contribution in [0.2, 0.25) is 0 Å². The lowest BCUT2D eigenvalue weighted by atomic mass is 10.2. The van der Waals surface area contributed by atoms with Crippen LogP contribution in [0.1, 0.15) is 5.56 Å². The van der Waals surface area contributed by atoms with E-state index in [1.807, 2.05) is 0 Å². The molecule has 1 N–H and O–H groups in total. The van der Waals surface area contributed by atoms with Crippen LogP contribution in [0.5, 0.6) is 0 Å². The molecule has 16 heavy (non-hydrogen) atoms. The van der Waals surface area contributed by atoms with Gasteiger partial charge < -0.3 is 5.32 Å². The van der Waals surface area contributed by atoms with E-state index in [4.69, 9.17) is 23.2 Å². The van der Waals surface area contributed by atoms with Gasteiger partial charge in [-0.25, -0.2) is 0 Å². The molecule has 1 aromatic carbocycles. The van der Waals surface area contributed by atoms with E-state index >= 15 is 0 Å². The lowest BCUT2D eigenvalue weighted by molar-refractivity contribution is -0.137. The van der Waals surface area contributed by atoms with Crippen LogP contribution in [-0.2, 0) is 11.0 Å². The van der Waals surface area contributed by atoms with Gasteiger partial charge in [-0.2, -0.15) is 13.2 Å². The van der Waals surface area contributed by atoms with Crippen LogP contribution < -0.4 is 5.32 Å². The van der Waals surface area contributed by atoms with Crippen LogP contribution in [0, 0.1) is 0 Å². The van der Waals surface area contributed by atoms with Crippen molar-refractivity contribution in [2.24, 2.45) is 0 Å². The third-order valence-corrected chi connectivity index (χ3v) is 2.05. The first-order valence-corrected chi connectivity index (χ1v) is 4.94. The monoisotopic (exact) mass is 271 g/mol. The Morgan fingerprint density at radius 1 is 1.31 bits per heavy atom. The molecule has 0 saturated carbocycles. The lowest BCUT2D eigenvalue weighted by Gasteiger charge is -2.09. The Morgan fingerprint density at radius 3 is 2.44 bits per heavy atom. The number of nitrogens with one attached hydrogen (secondary N) is 1. The van der Waals surface area contributed by atoms with Crippen molar-refractivity contribution in [3.63, 3.8) is 0 Å². The molecule has 0 bridgehead atoms. The number of hydrogen-bond acceptors (Lipinski definition) is 1. The second-order valence-corrected chi connectivity index (χ2v) is 3.96. The highest BCUT2D eigenvalue weighted by atomic mass is 35.5. The zero-order valence-corrected chi connectivity index (χ0v) is 9.20. The molecule has 0 aromatic heterocycles. The van der Waals surface area contributed by atoms with Crippen molar-refractivity contribution in [3.05, 3.63) is 29.8 Å². The van der Waals surface area contributed by atoms with E-state index in [0.717, 1.165) is 12.1 Å². The summed E-state index contributed by atoms with van der Waals surface area (Å²) in [5.41, 5.74) is -0.864. The SMILES string of the molecule is O=C(Nc1cccc(C(F)(F)F)c1)C(Cl)Cl. The minimum absolute atomic E-state index is 0.00822. The van der Waals surface area contributed by atoms with Crippen LogP contribution in [0.25, 0.3) is 0 Å². The molecule has 0 aliphatic rings. The Labute approximate surface area is 99.3 Å². The Bertz CT molecular complexity index is 393. The molecule has 0 atom stereocenters. The van der Waals surface area contributed by atoms with Crippen molar-refractivity contribution < 1.29 is 18.0 Å². The molecular formula is C9H6Cl2F3NO. The molecule has 0 aliphatic heterocycles. The summed E-state index contributed by atoms with van der Waals surface area (Å²) in [7, 11) is 0. The summed E-state index contributed by atoms with van der Waals surface area (Å²) in [6, 6.07) is 4.18. The number of benzene rings is 1. The third kappa shape index (κ3) is 3.57. The van der Waals surface area contributed by atoms with Crippen molar-refractivity contribution in [2.45, 2.75) is 11.0 Å². The topological polar surface area (TPSA) is 29.1 Å². The molecule has 88 valence electrons. The molecule has 1 rings (SSSR count). The molecule has 7 heteroatoms. The summed E-state index contributed by atoms with van der Waals surface area (Å²) in [6.45, 7) is 0. The molecule has 0 saturated heterocycles. The molecule has 0 aliphatic carbocycles. The van der Waals surface area contributed by atoms with E-state index < -0.39 is 22.5 Å². The van der Waals surface area contributed by atoms with E-state index in [2.05, 4.69) is 5.32 Å². The average Bonchev–Trinajstić information content (AvgIpc) is 2.16. The second-order valence-electron chi connectivity index (χ2n) is 2.87. The smallest absolute Gasteiger partial charge is 0.324 e. The first-order valence-electron chi connectivity index (χ1n) is 4.07. The molecule has 0 spiro atoms. The van der Waals surface area contributed by atoms with Gasteiger partial charge in [-0.1, -0.05) is 29.3 Å². The van der Waals surface area contributed by atoms with Crippen LogP contribution in [-0.4, -0.2) is 10.7 Å². The number of carbonyl (C=O) groups is 1. The van der Waals surface area contributed by atoms with Crippen molar-refractivity contribution in [1.29, 1.82) is 0 Å². The van der Waals surface area contributed by atoms with Crippen LogP contribution in [0.15, 0.2) is 24.3 Å². The predicted octanol–water partition coefficient (Wildman–Crippen LogP) is 3.45. The number of rotatable bonds is 2. The maximum atomic E-state index is 12.3. The van der Waals surface area contributed by atoms with Crippen LogP contribution >= 0.6 is 23.2 Å². The van der Waals surface area contributed by atoms with Crippen LogP contribution in [0.4, 0.5) is 18.9 Å². The highest BCUT2D eigenvalue weighted by Gasteiger charge is 2.30. The third-order valence-electron chi connectivity index (χ3n) is 1.66. The summed E-state index contributed by atoms with van der Waals surface area (Å²) in [5, 5.41) is 2.15. The first-order chi connectivity index (χ1) is 7.30. The number of hydrogen-bond donors (Lipinski definition) is 1. The van der Waals surface area contributed by atoms with Crippen molar-refractivity contribution in [2.75, 3.05) is 5.32 Å². The standard InChI is InChI=1S/C9H6Cl2F3NO/c10-7(11)8(16)15-6-3-1-2-5(4-6)9(12,13)14/h1-4,7H,(H,15,16). The van der Waals surface area contributed by atoms with Gasteiger partial charge >= 0.3 is 6.18 Å². The fourth-order valence-corrected chi connectivity index (χ4v) is 1.08. The molecule has 1 amide bonds.